The van der Waals surface area contributed by atoms with Crippen LogP contribution in [0.15, 0.2) is 47.4 Å². The smallest absolute Gasteiger partial charge is 0.322 e. The maximum absolute atomic E-state index is 12.7. The summed E-state index contributed by atoms with van der Waals surface area (Å²) in [6.45, 7) is 1.83. The number of benzene rings is 2. The van der Waals surface area contributed by atoms with Gasteiger partial charge in [0, 0.05) is 17.1 Å². The molecular weight excluding hydrogens is 385 g/mol. The van der Waals surface area contributed by atoms with Crippen LogP contribution < -0.4 is 0 Å². The van der Waals surface area contributed by atoms with Crippen LogP contribution in [0.5, 0.6) is 0 Å². The molecule has 1 atom stereocenters. The predicted molar refractivity (Wildman–Crippen MR) is 97.7 cm³/mol. The first-order chi connectivity index (χ1) is 11.6. The van der Waals surface area contributed by atoms with Crippen molar-refractivity contribution in [3.8, 4) is 0 Å². The van der Waals surface area contributed by atoms with Crippen molar-refractivity contribution in [3.05, 3.63) is 63.6 Å². The summed E-state index contributed by atoms with van der Waals surface area (Å²) in [6, 6.07) is 9.46. The van der Waals surface area contributed by atoms with Crippen LogP contribution in [0.2, 0.25) is 10.0 Å². The Kier molecular flexibility index (Phi) is 6.11. The fraction of sp³-hybridized carbons (Fsp3) is 0.235. The molecule has 0 aromatic heterocycles. The quantitative estimate of drug-likeness (QED) is 0.801. The summed E-state index contributed by atoms with van der Waals surface area (Å²) in [4.78, 5) is 11.6. The molecule has 0 aliphatic heterocycles. The molecule has 0 saturated carbocycles. The molecular formula is C17H17Cl2NO4S. The Labute approximate surface area is 156 Å². The zero-order valence-corrected chi connectivity index (χ0v) is 15.9. The summed E-state index contributed by atoms with van der Waals surface area (Å²) in [5, 5.41) is 10.4. The minimum atomic E-state index is -3.98. The van der Waals surface area contributed by atoms with E-state index in [4.69, 9.17) is 23.2 Å². The van der Waals surface area contributed by atoms with Gasteiger partial charge in [-0.25, -0.2) is 8.42 Å². The van der Waals surface area contributed by atoms with Gasteiger partial charge in [-0.2, -0.15) is 4.31 Å². The average Bonchev–Trinajstić information content (AvgIpc) is 2.55. The van der Waals surface area contributed by atoms with E-state index in [2.05, 4.69) is 0 Å². The first kappa shape index (κ1) is 19.7. The molecule has 0 spiro atoms. The molecule has 25 heavy (non-hydrogen) atoms. The van der Waals surface area contributed by atoms with Gasteiger partial charge in [0.05, 0.1) is 4.90 Å². The van der Waals surface area contributed by atoms with Gasteiger partial charge in [-0.05, 0) is 54.8 Å². The zero-order valence-electron chi connectivity index (χ0n) is 13.6. The van der Waals surface area contributed by atoms with Crippen LogP contribution in [0, 0.1) is 6.92 Å². The van der Waals surface area contributed by atoms with E-state index in [0.717, 1.165) is 9.87 Å². The van der Waals surface area contributed by atoms with Gasteiger partial charge in [0.15, 0.2) is 0 Å². The van der Waals surface area contributed by atoms with Crippen LogP contribution in [-0.2, 0) is 21.2 Å². The van der Waals surface area contributed by atoms with Crippen molar-refractivity contribution in [2.45, 2.75) is 24.3 Å². The molecule has 134 valence electrons. The Morgan fingerprint density at radius 2 is 1.76 bits per heavy atom. The highest BCUT2D eigenvalue weighted by atomic mass is 35.5. The molecule has 0 saturated heterocycles. The van der Waals surface area contributed by atoms with Gasteiger partial charge < -0.3 is 5.11 Å². The van der Waals surface area contributed by atoms with Gasteiger partial charge in [-0.1, -0.05) is 35.3 Å². The van der Waals surface area contributed by atoms with Crippen molar-refractivity contribution < 1.29 is 18.3 Å². The molecule has 2 rings (SSSR count). The van der Waals surface area contributed by atoms with Gasteiger partial charge in [0.25, 0.3) is 0 Å². The second-order valence-electron chi connectivity index (χ2n) is 5.62. The molecule has 0 heterocycles. The minimum Gasteiger partial charge on any atom is -0.480 e. The predicted octanol–water partition coefficient (Wildman–Crippen LogP) is 3.62. The van der Waals surface area contributed by atoms with Crippen molar-refractivity contribution in [2.75, 3.05) is 7.05 Å². The van der Waals surface area contributed by atoms with Crippen LogP contribution in [0.3, 0.4) is 0 Å². The molecule has 2 aromatic rings. The fourth-order valence-corrected chi connectivity index (χ4v) is 3.94. The number of sulfonamides is 1. The summed E-state index contributed by atoms with van der Waals surface area (Å²) in [5.41, 5.74) is 1.50. The lowest BCUT2D eigenvalue weighted by molar-refractivity contribution is -0.141. The lowest BCUT2D eigenvalue weighted by Gasteiger charge is -2.24. The van der Waals surface area contributed by atoms with Gasteiger partial charge in [-0.15, -0.1) is 0 Å². The standard InChI is InChI=1S/C17H17Cl2NO4S/c1-11-3-4-12(9-15(11)19)10-16(17(21)22)20(2)25(23,24)14-7-5-13(18)6-8-14/h3-9,16H,10H2,1-2H3,(H,21,22). The van der Waals surface area contributed by atoms with Gasteiger partial charge in [-0.3, -0.25) is 4.79 Å². The van der Waals surface area contributed by atoms with Crippen molar-refractivity contribution in [3.63, 3.8) is 0 Å². The number of nitrogens with zero attached hydrogens (tertiary/aromatic N) is 1. The van der Waals surface area contributed by atoms with E-state index in [1.165, 1.54) is 31.3 Å². The molecule has 2 aromatic carbocycles. The molecule has 0 fully saturated rings. The number of hydrogen-bond acceptors (Lipinski definition) is 3. The number of halogens is 2. The van der Waals surface area contributed by atoms with Crippen LogP contribution in [0.4, 0.5) is 0 Å². The Balaban J connectivity index is 2.33. The molecule has 0 aliphatic rings. The van der Waals surface area contributed by atoms with E-state index in [1.807, 2.05) is 6.92 Å². The maximum atomic E-state index is 12.7. The highest BCUT2D eigenvalue weighted by molar-refractivity contribution is 7.89. The molecule has 5 nitrogen and oxygen atoms in total. The van der Waals surface area contributed by atoms with E-state index >= 15 is 0 Å². The van der Waals surface area contributed by atoms with E-state index in [0.29, 0.717) is 15.6 Å². The summed E-state index contributed by atoms with van der Waals surface area (Å²) >= 11 is 11.8. The number of carboxylic acid groups (broad SMARTS) is 1. The monoisotopic (exact) mass is 401 g/mol. The van der Waals surface area contributed by atoms with Crippen LogP contribution in [-0.4, -0.2) is 36.9 Å². The molecule has 0 amide bonds. The maximum Gasteiger partial charge on any atom is 0.322 e. The summed E-state index contributed by atoms with van der Waals surface area (Å²) < 4.78 is 26.2. The third-order valence-corrected chi connectivity index (χ3v) is 6.42. The highest BCUT2D eigenvalue weighted by Gasteiger charge is 2.33. The Bertz CT molecular complexity index is 882. The summed E-state index contributed by atoms with van der Waals surface area (Å²) in [5.74, 6) is -1.24. The summed E-state index contributed by atoms with van der Waals surface area (Å²) in [6.07, 6.45) is -0.00134. The normalized spacial score (nSPS) is 13.0. The second kappa shape index (κ2) is 7.74. The number of aliphatic carboxylic acids is 1. The average molecular weight is 402 g/mol. The first-order valence-corrected chi connectivity index (χ1v) is 9.54. The second-order valence-corrected chi connectivity index (χ2v) is 8.46. The van der Waals surface area contributed by atoms with Crippen molar-refractivity contribution in [1.82, 2.24) is 4.31 Å². The van der Waals surface area contributed by atoms with Gasteiger partial charge in [0.1, 0.15) is 6.04 Å². The summed E-state index contributed by atoms with van der Waals surface area (Å²) in [7, 11) is -2.73. The fourth-order valence-electron chi connectivity index (χ4n) is 2.30. The van der Waals surface area contributed by atoms with E-state index in [1.54, 1.807) is 18.2 Å². The number of rotatable bonds is 6. The zero-order chi connectivity index (χ0) is 18.8. The molecule has 0 aliphatic carbocycles. The Morgan fingerprint density at radius 1 is 1.16 bits per heavy atom. The third kappa shape index (κ3) is 4.52. The Hall–Kier alpha value is -1.60. The minimum absolute atomic E-state index is 0.00134. The molecule has 0 bridgehead atoms. The van der Waals surface area contributed by atoms with Gasteiger partial charge >= 0.3 is 5.97 Å². The molecule has 0 radical (unpaired) electrons. The van der Waals surface area contributed by atoms with Crippen LogP contribution in [0.1, 0.15) is 11.1 Å². The molecule has 1 N–H and O–H groups in total. The topological polar surface area (TPSA) is 74.7 Å². The van der Waals surface area contributed by atoms with Crippen molar-refractivity contribution in [1.29, 1.82) is 0 Å². The first-order valence-electron chi connectivity index (χ1n) is 7.34. The number of carbonyl (C=O) groups is 1. The molecule has 8 heteroatoms. The number of likely N-dealkylation sites (N-methyl/N-ethyl adjacent to an activating group) is 1. The lowest BCUT2D eigenvalue weighted by Crippen LogP contribution is -2.43. The number of aryl methyl sites for hydroxylation is 1. The highest BCUT2D eigenvalue weighted by Crippen LogP contribution is 2.23. The van der Waals surface area contributed by atoms with Gasteiger partial charge in [0.2, 0.25) is 10.0 Å². The molecule has 1 unspecified atom stereocenters. The van der Waals surface area contributed by atoms with E-state index in [9.17, 15) is 18.3 Å². The van der Waals surface area contributed by atoms with Crippen LogP contribution in [0.25, 0.3) is 0 Å². The van der Waals surface area contributed by atoms with Crippen molar-refractivity contribution >= 4 is 39.2 Å². The number of hydrogen-bond donors (Lipinski definition) is 1. The lowest BCUT2D eigenvalue weighted by atomic mass is 10.0. The van der Waals surface area contributed by atoms with Crippen LogP contribution >= 0.6 is 23.2 Å². The number of carboxylic acids is 1. The van der Waals surface area contributed by atoms with Crippen molar-refractivity contribution in [2.24, 2.45) is 0 Å². The third-order valence-electron chi connectivity index (χ3n) is 3.88. The van der Waals surface area contributed by atoms with E-state index in [-0.39, 0.29) is 11.3 Å². The largest absolute Gasteiger partial charge is 0.480 e. The SMILES string of the molecule is Cc1ccc(CC(C(=O)O)N(C)S(=O)(=O)c2ccc(Cl)cc2)cc1Cl. The Morgan fingerprint density at radius 3 is 2.28 bits per heavy atom. The van der Waals surface area contributed by atoms with E-state index < -0.39 is 22.0 Å².